The van der Waals surface area contributed by atoms with Crippen molar-refractivity contribution in [2.45, 2.75) is 13.1 Å². The minimum absolute atomic E-state index is 0.0264. The molecular formula is C16H12ClF3NO3P. The molecule has 0 radical (unpaired) electrons. The zero-order valence-electron chi connectivity index (χ0n) is 12.8. The van der Waals surface area contributed by atoms with Gasteiger partial charge in [-0.25, -0.2) is 0 Å². The maximum Gasteiger partial charge on any atom is 0.416 e. The minimum atomic E-state index is -4.53. The largest absolute Gasteiger partial charge is 0.456 e. The Balaban J connectivity index is 2.41. The number of nitriles is 1. The van der Waals surface area contributed by atoms with Crippen LogP contribution < -0.4 is 10.0 Å². The van der Waals surface area contributed by atoms with Gasteiger partial charge in [-0.05, 0) is 36.4 Å². The van der Waals surface area contributed by atoms with Crippen molar-refractivity contribution in [3.63, 3.8) is 0 Å². The summed E-state index contributed by atoms with van der Waals surface area (Å²) in [5, 5.41) is 8.73. The maximum atomic E-state index is 12.6. The van der Waals surface area contributed by atoms with Gasteiger partial charge >= 0.3 is 6.18 Å². The monoisotopic (exact) mass is 389 g/mol. The lowest BCUT2D eigenvalue weighted by molar-refractivity contribution is -0.137. The van der Waals surface area contributed by atoms with Crippen molar-refractivity contribution < 1.29 is 27.4 Å². The van der Waals surface area contributed by atoms with Gasteiger partial charge in [0.1, 0.15) is 11.5 Å². The molecule has 0 aliphatic rings. The molecule has 0 heterocycles. The third-order valence-corrected chi connectivity index (χ3v) is 5.66. The van der Waals surface area contributed by atoms with E-state index in [0.717, 1.165) is 18.2 Å². The Morgan fingerprint density at radius 3 is 2.48 bits per heavy atom. The second-order valence-electron chi connectivity index (χ2n) is 5.05. The summed E-state index contributed by atoms with van der Waals surface area (Å²) in [7, 11) is -3.74. The number of rotatable bonds is 4. The zero-order chi connectivity index (χ0) is 18.8. The van der Waals surface area contributed by atoms with Gasteiger partial charge in [0.15, 0.2) is 0 Å². The molecule has 0 saturated carbocycles. The van der Waals surface area contributed by atoms with Gasteiger partial charge in [0.2, 0.25) is 7.37 Å². The molecule has 0 amide bonds. The molecule has 2 aromatic carbocycles. The Morgan fingerprint density at radius 1 is 1.28 bits per heavy atom. The number of benzene rings is 2. The van der Waals surface area contributed by atoms with E-state index in [0.29, 0.717) is 0 Å². The predicted molar refractivity (Wildman–Crippen MR) is 87.7 cm³/mol. The predicted octanol–water partition coefficient (Wildman–Crippen LogP) is 4.94. The third kappa shape index (κ3) is 4.35. The summed E-state index contributed by atoms with van der Waals surface area (Å²) in [5.41, 5.74) is -0.894. The summed E-state index contributed by atoms with van der Waals surface area (Å²) >= 11 is 5.82. The molecule has 0 aromatic heterocycles. The molecule has 0 fully saturated rings. The molecule has 0 saturated heterocycles. The summed E-state index contributed by atoms with van der Waals surface area (Å²) in [4.78, 5) is 9.98. The van der Waals surface area contributed by atoms with Crippen molar-refractivity contribution >= 4 is 24.3 Å². The van der Waals surface area contributed by atoms with Crippen LogP contribution in [0.4, 0.5) is 13.2 Å². The van der Waals surface area contributed by atoms with Gasteiger partial charge in [0.05, 0.1) is 27.5 Å². The average molecular weight is 390 g/mol. The fraction of sp³-hybridized carbons (Fsp3) is 0.188. The highest BCUT2D eigenvalue weighted by Gasteiger charge is 2.31. The molecule has 2 rings (SSSR count). The van der Waals surface area contributed by atoms with E-state index < -0.39 is 19.1 Å². The summed E-state index contributed by atoms with van der Waals surface area (Å²) in [6.45, 7) is 1.50. The Kier molecular flexibility index (Phi) is 5.48. The quantitative estimate of drug-likeness (QED) is 0.752. The lowest BCUT2D eigenvalue weighted by Gasteiger charge is -2.14. The van der Waals surface area contributed by atoms with E-state index in [-0.39, 0.29) is 33.6 Å². The average Bonchev–Trinajstić information content (AvgIpc) is 2.55. The van der Waals surface area contributed by atoms with Gasteiger partial charge in [-0.2, -0.15) is 18.4 Å². The summed E-state index contributed by atoms with van der Waals surface area (Å²) in [6, 6.07) is 8.31. The van der Waals surface area contributed by atoms with Crippen molar-refractivity contribution in [3.05, 3.63) is 52.5 Å². The minimum Gasteiger partial charge on any atom is -0.456 e. The first kappa shape index (κ1) is 19.3. The van der Waals surface area contributed by atoms with E-state index in [9.17, 15) is 22.6 Å². The first-order valence-electron chi connectivity index (χ1n) is 6.99. The van der Waals surface area contributed by atoms with E-state index in [1.54, 1.807) is 0 Å². The van der Waals surface area contributed by atoms with Gasteiger partial charge < -0.3 is 9.63 Å². The topological polar surface area (TPSA) is 70.3 Å². The van der Waals surface area contributed by atoms with E-state index >= 15 is 0 Å². The number of ether oxygens (including phenoxy) is 1. The van der Waals surface area contributed by atoms with Crippen LogP contribution in [0.3, 0.4) is 0 Å². The molecule has 0 aliphatic carbocycles. The lowest BCUT2D eigenvalue weighted by atomic mass is 10.2. The van der Waals surface area contributed by atoms with Gasteiger partial charge in [0, 0.05) is 6.16 Å². The van der Waals surface area contributed by atoms with Crippen LogP contribution in [0.25, 0.3) is 0 Å². The molecule has 1 atom stereocenters. The highest BCUT2D eigenvalue weighted by atomic mass is 35.5. The molecule has 0 bridgehead atoms. The number of halogens is 4. The molecule has 1 unspecified atom stereocenters. The van der Waals surface area contributed by atoms with Crippen LogP contribution in [-0.4, -0.2) is 11.1 Å². The Labute approximate surface area is 146 Å². The third-order valence-electron chi connectivity index (χ3n) is 3.38. The van der Waals surface area contributed by atoms with E-state index in [1.807, 2.05) is 6.07 Å². The molecule has 0 aliphatic heterocycles. The molecule has 25 heavy (non-hydrogen) atoms. The summed E-state index contributed by atoms with van der Waals surface area (Å²) < 4.78 is 55.5. The van der Waals surface area contributed by atoms with Crippen LogP contribution >= 0.6 is 19.0 Å². The SMILES string of the molecule is CCP(=O)(O)c1cc(Oc2ccc(C(F)(F)F)cc2Cl)ccc1C#N. The van der Waals surface area contributed by atoms with Crippen LogP contribution in [0, 0.1) is 11.3 Å². The second-order valence-corrected chi connectivity index (χ2v) is 7.98. The fourth-order valence-electron chi connectivity index (χ4n) is 2.02. The van der Waals surface area contributed by atoms with Crippen molar-refractivity contribution in [2.24, 2.45) is 0 Å². The molecule has 4 nitrogen and oxygen atoms in total. The number of alkyl halides is 3. The van der Waals surface area contributed by atoms with E-state index in [1.165, 1.54) is 25.1 Å². The van der Waals surface area contributed by atoms with Crippen molar-refractivity contribution in [3.8, 4) is 17.6 Å². The van der Waals surface area contributed by atoms with Gasteiger partial charge in [-0.15, -0.1) is 0 Å². The van der Waals surface area contributed by atoms with Crippen LogP contribution in [-0.2, 0) is 10.7 Å². The van der Waals surface area contributed by atoms with E-state index in [2.05, 4.69) is 0 Å². The molecule has 9 heteroatoms. The second kappa shape index (κ2) is 7.09. The molecule has 132 valence electrons. The van der Waals surface area contributed by atoms with Crippen LogP contribution in [0.15, 0.2) is 36.4 Å². The zero-order valence-corrected chi connectivity index (χ0v) is 14.5. The van der Waals surface area contributed by atoms with Crippen molar-refractivity contribution in [1.82, 2.24) is 0 Å². The fourth-order valence-corrected chi connectivity index (χ4v) is 3.41. The standard InChI is InChI=1S/C16H12ClF3NO3P/c1-2-25(22,23)15-8-12(5-3-10(15)9-21)24-14-6-4-11(7-13(14)17)16(18,19)20/h3-8H,2H2,1H3,(H,22,23). The molecule has 1 N–H and O–H groups in total. The Bertz CT molecular complexity index is 893. The highest BCUT2D eigenvalue weighted by molar-refractivity contribution is 7.66. The number of hydrogen-bond acceptors (Lipinski definition) is 3. The lowest BCUT2D eigenvalue weighted by Crippen LogP contribution is -2.11. The van der Waals surface area contributed by atoms with Crippen molar-refractivity contribution in [2.75, 3.05) is 6.16 Å². The summed E-state index contributed by atoms with van der Waals surface area (Å²) in [6.07, 6.45) is -4.61. The van der Waals surface area contributed by atoms with E-state index in [4.69, 9.17) is 21.6 Å². The maximum absolute atomic E-state index is 12.6. The number of hydrogen-bond donors (Lipinski definition) is 1. The first-order chi connectivity index (χ1) is 11.6. The summed E-state index contributed by atoms with van der Waals surface area (Å²) in [5.74, 6) is 0.0352. The number of nitrogens with zero attached hydrogens (tertiary/aromatic N) is 1. The van der Waals surface area contributed by atoms with Crippen LogP contribution in [0.2, 0.25) is 5.02 Å². The van der Waals surface area contributed by atoms with Gasteiger partial charge in [-0.3, -0.25) is 4.57 Å². The smallest absolute Gasteiger partial charge is 0.416 e. The van der Waals surface area contributed by atoms with Gasteiger partial charge in [0.25, 0.3) is 0 Å². The first-order valence-corrected chi connectivity index (χ1v) is 9.22. The normalized spacial score (nSPS) is 13.8. The van der Waals surface area contributed by atoms with Crippen molar-refractivity contribution in [1.29, 1.82) is 5.26 Å². The van der Waals surface area contributed by atoms with Crippen LogP contribution in [0.1, 0.15) is 18.1 Å². The Morgan fingerprint density at radius 2 is 1.96 bits per heavy atom. The molecular weight excluding hydrogens is 378 g/mol. The van der Waals surface area contributed by atoms with Crippen LogP contribution in [0.5, 0.6) is 11.5 Å². The molecule has 0 spiro atoms. The Hall–Kier alpha value is -2.00. The molecule has 2 aromatic rings. The highest BCUT2D eigenvalue weighted by Crippen LogP contribution is 2.41. The van der Waals surface area contributed by atoms with Gasteiger partial charge in [-0.1, -0.05) is 18.5 Å².